The molecule has 35 nitrogen and oxygen atoms in total. The lowest BCUT2D eigenvalue weighted by atomic mass is 9.89. The first-order valence-corrected chi connectivity index (χ1v) is 23.2. The molecule has 5 saturated heterocycles. The predicted octanol–water partition coefficient (Wildman–Crippen LogP) is -12.3. The van der Waals surface area contributed by atoms with Gasteiger partial charge in [-0.1, -0.05) is 0 Å². The maximum Gasteiger partial charge on any atom is 0.470 e. The molecule has 25 atom stereocenters. The highest BCUT2D eigenvalue weighted by Crippen LogP contribution is 2.43. The van der Waals surface area contributed by atoms with E-state index in [9.17, 15) is 116 Å². The fraction of sp³-hybridized carbons (Fsp3) is 0.917. The standard InChI is InChI=1S/C36H61N2O33P/c37-17-24(51)28(71-72(59,60)61)16(65-29(17)52)7-62-30-18(38)23(50)21(48)15(66-30)8-64-35(32(55)56)3-14(22(49)26(69-35)12(44)5-40)67-36(33(57)58)2-10(42)20(47)27(70-36)13(45)6-63-34(31(53)54)1-9(41)19(46)25(68-34)11(43)4-39/h9-30,39-52H,1-8,37-38H2,(H,53,54)(H,55,56)(H,57,58)(H2,59,60,61)/t9-,10-,11-,12-,13-,14-,15-,16-,17-,18-,19-,20-,21-,22-,23-,24-,25-,26-,27-,28-,29+,30-,34-,35-,36-/m1/s1. The summed E-state index contributed by atoms with van der Waals surface area (Å²) < 4.78 is 65.1. The van der Waals surface area contributed by atoms with Crippen molar-refractivity contribution < 1.29 is 163 Å². The van der Waals surface area contributed by atoms with Crippen LogP contribution < -0.4 is 11.5 Å². The van der Waals surface area contributed by atoms with Gasteiger partial charge in [-0.25, -0.2) is 18.9 Å². The van der Waals surface area contributed by atoms with Crippen molar-refractivity contribution in [2.45, 2.75) is 171 Å². The van der Waals surface area contributed by atoms with Gasteiger partial charge in [0.25, 0.3) is 17.4 Å². The van der Waals surface area contributed by atoms with Crippen molar-refractivity contribution in [1.82, 2.24) is 0 Å². The van der Waals surface area contributed by atoms with E-state index in [1.807, 2.05) is 0 Å². The Morgan fingerprint density at radius 1 is 0.597 bits per heavy atom. The van der Waals surface area contributed by atoms with Crippen LogP contribution in [0.5, 0.6) is 0 Å². The van der Waals surface area contributed by atoms with Crippen LogP contribution >= 0.6 is 7.82 Å². The highest BCUT2D eigenvalue weighted by molar-refractivity contribution is 7.46. The molecule has 0 bridgehead atoms. The number of aliphatic carboxylic acids is 3. The third-order valence-corrected chi connectivity index (χ3v) is 13.1. The summed E-state index contributed by atoms with van der Waals surface area (Å²) in [4.78, 5) is 57.3. The molecular formula is C36H61N2O33P. The maximum absolute atomic E-state index is 13.1. The number of carbonyl (C=O) groups is 3. The molecule has 72 heavy (non-hydrogen) atoms. The van der Waals surface area contributed by atoms with Crippen LogP contribution in [-0.4, -0.2) is 299 Å². The second kappa shape index (κ2) is 23.8. The molecule has 5 fully saturated rings. The number of phosphoric ester groups is 1. The van der Waals surface area contributed by atoms with Gasteiger partial charge in [0.15, 0.2) is 12.6 Å². The summed E-state index contributed by atoms with van der Waals surface area (Å²) in [5.41, 5.74) is 11.6. The van der Waals surface area contributed by atoms with E-state index in [0.29, 0.717) is 0 Å². The van der Waals surface area contributed by atoms with Crippen LogP contribution in [0.15, 0.2) is 0 Å². The highest BCUT2D eigenvalue weighted by Gasteiger charge is 2.62. The molecule has 0 unspecified atom stereocenters. The molecule has 0 aromatic carbocycles. The molecule has 0 amide bonds. The summed E-state index contributed by atoms with van der Waals surface area (Å²) in [5.74, 6) is -16.0. The van der Waals surface area contributed by atoms with Crippen LogP contribution in [0.3, 0.4) is 0 Å². The van der Waals surface area contributed by atoms with Crippen LogP contribution in [-0.2, 0) is 66.1 Å². The molecule has 0 aliphatic carbocycles. The van der Waals surface area contributed by atoms with Crippen molar-refractivity contribution in [3.8, 4) is 0 Å². The molecule has 0 saturated carbocycles. The summed E-state index contributed by atoms with van der Waals surface area (Å²) in [6.07, 6.45) is -45.9. The third kappa shape index (κ3) is 12.8. The number of rotatable bonds is 21. The number of hydrogen-bond acceptors (Lipinski definition) is 30. The Hall–Kier alpha value is -2.48. The van der Waals surface area contributed by atoms with Gasteiger partial charge in [0.2, 0.25) is 0 Å². The van der Waals surface area contributed by atoms with E-state index in [2.05, 4.69) is 4.52 Å². The molecule has 5 aliphatic rings. The lowest BCUT2D eigenvalue weighted by Crippen LogP contribution is -2.68. The van der Waals surface area contributed by atoms with Gasteiger partial charge in [-0.2, -0.15) is 0 Å². The lowest BCUT2D eigenvalue weighted by Gasteiger charge is -2.50. The number of hydrogen-bond donors (Lipinski definition) is 21. The topological polar surface area (TPSA) is 597 Å². The van der Waals surface area contributed by atoms with Crippen molar-refractivity contribution in [1.29, 1.82) is 0 Å². The minimum Gasteiger partial charge on any atom is -0.477 e. The Labute approximate surface area is 403 Å². The van der Waals surface area contributed by atoms with Gasteiger partial charge in [0, 0.05) is 19.3 Å². The molecule has 23 N–H and O–H groups in total. The van der Waals surface area contributed by atoms with E-state index in [0.717, 1.165) is 0 Å². The number of carboxylic acids is 3. The molecule has 0 spiro atoms. The van der Waals surface area contributed by atoms with Crippen LogP contribution in [0, 0.1) is 0 Å². The minimum atomic E-state index is -5.37. The second-order valence-corrected chi connectivity index (χ2v) is 18.8. The first-order chi connectivity index (χ1) is 33.4. The zero-order chi connectivity index (χ0) is 54.2. The molecule has 5 heterocycles. The van der Waals surface area contributed by atoms with Gasteiger partial charge in [-0.3, -0.25) is 4.52 Å². The molecule has 0 radical (unpaired) electrons. The Morgan fingerprint density at radius 2 is 1.08 bits per heavy atom. The van der Waals surface area contributed by atoms with Crippen molar-refractivity contribution in [3.63, 3.8) is 0 Å². The fourth-order valence-electron chi connectivity index (χ4n) is 8.51. The number of phosphoric acid groups is 1. The number of ether oxygens (including phenoxy) is 9. The van der Waals surface area contributed by atoms with Crippen LogP contribution in [0.2, 0.25) is 0 Å². The second-order valence-electron chi connectivity index (χ2n) is 17.6. The van der Waals surface area contributed by atoms with Crippen LogP contribution in [0.4, 0.5) is 0 Å². The number of nitrogens with two attached hydrogens (primary N) is 2. The van der Waals surface area contributed by atoms with Gasteiger partial charge in [0.05, 0.1) is 63.4 Å². The smallest absolute Gasteiger partial charge is 0.470 e. The van der Waals surface area contributed by atoms with E-state index in [1.165, 1.54) is 0 Å². The summed E-state index contributed by atoms with van der Waals surface area (Å²) in [6.45, 7) is -5.86. The van der Waals surface area contributed by atoms with E-state index in [-0.39, 0.29) is 0 Å². The van der Waals surface area contributed by atoms with E-state index >= 15 is 0 Å². The lowest BCUT2D eigenvalue weighted by molar-refractivity contribution is -0.380. The summed E-state index contributed by atoms with van der Waals surface area (Å²) in [7, 11) is -5.37. The maximum atomic E-state index is 13.1. The average molecular weight is 1080 g/mol. The monoisotopic (exact) mass is 1080 g/mol. The largest absolute Gasteiger partial charge is 0.477 e. The summed E-state index contributed by atoms with van der Waals surface area (Å²) in [6, 6.07) is -3.34. The zero-order valence-corrected chi connectivity index (χ0v) is 38.1. The van der Waals surface area contributed by atoms with Crippen molar-refractivity contribution in [2.75, 3.05) is 33.0 Å². The van der Waals surface area contributed by atoms with Crippen LogP contribution in [0.1, 0.15) is 19.3 Å². The highest BCUT2D eigenvalue weighted by atomic mass is 31.2. The third-order valence-electron chi connectivity index (χ3n) is 12.6. The van der Waals surface area contributed by atoms with Crippen molar-refractivity contribution in [3.05, 3.63) is 0 Å². The normalized spacial score (nSPS) is 45.4. The Morgan fingerprint density at radius 3 is 1.60 bits per heavy atom. The van der Waals surface area contributed by atoms with Gasteiger partial charge >= 0.3 is 25.7 Å². The quantitative estimate of drug-likeness (QED) is 0.0475. The first-order valence-electron chi connectivity index (χ1n) is 21.6. The van der Waals surface area contributed by atoms with Gasteiger partial charge in [-0.05, 0) is 0 Å². The molecular weight excluding hydrogens is 1020 g/mol. The molecule has 0 aromatic heterocycles. The number of aliphatic hydroxyl groups excluding tert-OH is 14. The minimum absolute atomic E-state index is 0.909. The molecule has 5 aliphatic heterocycles. The zero-order valence-electron chi connectivity index (χ0n) is 37.2. The van der Waals surface area contributed by atoms with Crippen LogP contribution in [0.25, 0.3) is 0 Å². The molecule has 36 heteroatoms. The summed E-state index contributed by atoms with van der Waals surface area (Å²) >= 11 is 0. The average Bonchev–Trinajstić information content (AvgIpc) is 3.31. The van der Waals surface area contributed by atoms with Crippen molar-refractivity contribution >= 4 is 25.7 Å². The van der Waals surface area contributed by atoms with E-state index in [4.69, 9.17) is 54.1 Å². The summed E-state index contributed by atoms with van der Waals surface area (Å²) in [5, 5.41) is 178. The van der Waals surface area contributed by atoms with Crippen molar-refractivity contribution in [2.24, 2.45) is 11.5 Å². The van der Waals surface area contributed by atoms with Gasteiger partial charge < -0.3 is 151 Å². The van der Waals surface area contributed by atoms with Gasteiger partial charge in [-0.15, -0.1) is 0 Å². The number of carboxylic acid groups (broad SMARTS) is 3. The Bertz CT molecular complexity index is 1890. The molecule has 0 aromatic rings. The Balaban J connectivity index is 1.37. The van der Waals surface area contributed by atoms with Gasteiger partial charge in [0.1, 0.15) is 91.6 Å². The molecule has 5 rings (SSSR count). The first kappa shape index (κ1) is 60.4. The van der Waals surface area contributed by atoms with E-state index < -0.39 is 230 Å². The fourth-order valence-corrected chi connectivity index (χ4v) is 9.09. The number of aliphatic hydroxyl groups is 14. The molecule has 418 valence electrons. The predicted molar refractivity (Wildman–Crippen MR) is 215 cm³/mol. The Kier molecular flexibility index (Phi) is 20.0. The SMILES string of the molecule is N[C@@H]1[C@@H](O)[C@H](OP(=O)(O)O)[C@@H](CO[C@@H]2O[C@H](CO[C@]3(C(=O)O)C[C@@H](O[C@]4(C(=O)O)C[C@@H](O)[C@@H](O)[C@@H]([C@H](O)CO[C@]5(C(=O)O)C[C@@H](O)[C@@H](O)[C@@H]([C@H](O)CO)O5)O4)[C@@H](O)[C@@H]([C@H](O)CO)O3)[C@@H](O)[C@H](O)[C@H]2N)O[C@@H]1O. The van der Waals surface area contributed by atoms with E-state index in [1.54, 1.807) is 0 Å².